The Bertz CT molecular complexity index is 675. The van der Waals surface area contributed by atoms with Gasteiger partial charge in [0.1, 0.15) is 0 Å². The van der Waals surface area contributed by atoms with Crippen molar-refractivity contribution in [3.05, 3.63) is 29.8 Å². The van der Waals surface area contributed by atoms with Gasteiger partial charge >= 0.3 is 0 Å². The third kappa shape index (κ3) is 8.06. The molecular weight excluding hydrogens is 489 g/mol. The number of anilines is 1. The van der Waals surface area contributed by atoms with Crippen molar-refractivity contribution in [3.63, 3.8) is 0 Å². The van der Waals surface area contributed by atoms with E-state index in [1.165, 1.54) is 57.3 Å². The molecule has 1 saturated heterocycles. The highest BCUT2D eigenvalue weighted by Gasteiger charge is 2.24. The Hall–Kier alpha value is -1.35. The highest BCUT2D eigenvalue weighted by molar-refractivity contribution is 14.0. The summed E-state index contributed by atoms with van der Waals surface area (Å²) >= 11 is 0. The van der Waals surface area contributed by atoms with E-state index in [2.05, 4.69) is 33.8 Å². The van der Waals surface area contributed by atoms with E-state index in [-0.39, 0.29) is 35.8 Å². The van der Waals surface area contributed by atoms with Crippen LogP contribution in [0.15, 0.2) is 29.3 Å². The minimum Gasteiger partial charge on any atom is -0.357 e. The fraction of sp³-hybridized carbons (Fsp3) is 0.652. The van der Waals surface area contributed by atoms with Crippen LogP contribution in [0, 0.1) is 0 Å². The zero-order chi connectivity index (χ0) is 20.3. The normalized spacial score (nSPS) is 19.4. The molecule has 2 aliphatic heterocycles. The summed E-state index contributed by atoms with van der Waals surface area (Å²) < 4.78 is 0. The van der Waals surface area contributed by atoms with Crippen molar-refractivity contribution in [1.82, 2.24) is 15.5 Å². The molecule has 0 aromatic heterocycles. The summed E-state index contributed by atoms with van der Waals surface area (Å²) in [6, 6.07) is 8.05. The highest BCUT2D eigenvalue weighted by atomic mass is 127. The number of carbonyl (C=O) groups excluding carboxylic acids is 1. The predicted molar refractivity (Wildman–Crippen MR) is 136 cm³/mol. The van der Waals surface area contributed by atoms with E-state index in [1.54, 1.807) is 0 Å². The van der Waals surface area contributed by atoms with Crippen molar-refractivity contribution in [2.45, 2.75) is 57.8 Å². The van der Waals surface area contributed by atoms with Gasteiger partial charge in [0, 0.05) is 31.1 Å². The second-order valence-electron chi connectivity index (χ2n) is 8.15. The smallest absolute Gasteiger partial charge is 0.225 e. The quantitative estimate of drug-likeness (QED) is 0.197. The zero-order valence-corrected chi connectivity index (χ0v) is 20.6. The number of nitrogens with one attached hydrogen (secondary N) is 3. The predicted octanol–water partition coefficient (Wildman–Crippen LogP) is 3.94. The number of guanidine groups is 1. The van der Waals surface area contributed by atoms with E-state index < -0.39 is 0 Å². The van der Waals surface area contributed by atoms with Crippen LogP contribution in [0.3, 0.4) is 0 Å². The van der Waals surface area contributed by atoms with E-state index in [9.17, 15) is 4.79 Å². The van der Waals surface area contributed by atoms with Gasteiger partial charge in [0.05, 0.1) is 6.54 Å². The average Bonchev–Trinajstić information content (AvgIpc) is 2.74. The molecule has 2 aliphatic rings. The Kier molecular flexibility index (Phi) is 11.5. The number of halogens is 1. The molecule has 1 fully saturated rings. The molecule has 0 saturated carbocycles. The Balaban J connectivity index is 0.00000320. The van der Waals surface area contributed by atoms with E-state index >= 15 is 0 Å². The van der Waals surface area contributed by atoms with Crippen molar-refractivity contribution in [3.8, 4) is 0 Å². The molecule has 168 valence electrons. The van der Waals surface area contributed by atoms with E-state index in [4.69, 9.17) is 4.99 Å². The van der Waals surface area contributed by atoms with Crippen LogP contribution in [-0.4, -0.2) is 56.0 Å². The number of carbonyl (C=O) groups is 1. The number of amides is 1. The lowest BCUT2D eigenvalue weighted by Gasteiger charge is -2.26. The van der Waals surface area contributed by atoms with Crippen LogP contribution >= 0.6 is 24.0 Å². The number of likely N-dealkylation sites (tertiary alicyclic amines) is 1. The molecule has 30 heavy (non-hydrogen) atoms. The summed E-state index contributed by atoms with van der Waals surface area (Å²) in [4.78, 5) is 19.4. The fourth-order valence-electron chi connectivity index (χ4n) is 4.23. The molecule has 0 radical (unpaired) electrons. The van der Waals surface area contributed by atoms with Gasteiger partial charge in [-0.1, -0.05) is 31.0 Å². The van der Waals surface area contributed by atoms with Crippen molar-refractivity contribution in [2.75, 3.05) is 44.6 Å². The number of fused-ring (bicyclic) bond motifs is 1. The summed E-state index contributed by atoms with van der Waals surface area (Å²) in [5, 5.41) is 9.75. The van der Waals surface area contributed by atoms with Crippen LogP contribution in [0.5, 0.6) is 0 Å². The largest absolute Gasteiger partial charge is 0.357 e. The minimum absolute atomic E-state index is 0. The standard InChI is InChI=1S/C23H37N5O.HI/c1-2-24-23(25-13-7-3-8-14-28-15-9-4-10-16-28)26-18-19-17-22(29)27-21-12-6-5-11-20(19)21;/h5-6,11-12,19H,2-4,7-10,13-18H2,1H3,(H,27,29)(H2,24,25,26);1H. The molecular formula is C23H38IN5O. The Morgan fingerprint density at radius 2 is 1.93 bits per heavy atom. The van der Waals surface area contributed by atoms with Crippen molar-refractivity contribution < 1.29 is 4.79 Å². The second kappa shape index (κ2) is 13.9. The molecule has 0 aliphatic carbocycles. The van der Waals surface area contributed by atoms with Gasteiger partial charge in [-0.25, -0.2) is 0 Å². The Labute approximate surface area is 198 Å². The number of unbranched alkanes of at least 4 members (excludes halogenated alkanes) is 2. The van der Waals surface area contributed by atoms with Gasteiger partial charge in [-0.3, -0.25) is 9.79 Å². The maximum atomic E-state index is 12.0. The molecule has 1 unspecified atom stereocenters. The van der Waals surface area contributed by atoms with Gasteiger partial charge in [0.2, 0.25) is 5.91 Å². The van der Waals surface area contributed by atoms with Crippen LogP contribution in [-0.2, 0) is 4.79 Å². The Morgan fingerprint density at radius 3 is 2.73 bits per heavy atom. The van der Waals surface area contributed by atoms with Gasteiger partial charge in [-0.05, 0) is 63.9 Å². The first kappa shape index (κ1) is 24.9. The van der Waals surface area contributed by atoms with Crippen molar-refractivity contribution >= 4 is 41.5 Å². The third-order valence-electron chi connectivity index (χ3n) is 5.81. The van der Waals surface area contributed by atoms with Gasteiger partial charge < -0.3 is 20.9 Å². The second-order valence-corrected chi connectivity index (χ2v) is 8.15. The van der Waals surface area contributed by atoms with Crippen LogP contribution < -0.4 is 16.0 Å². The number of rotatable bonds is 9. The first-order valence-corrected chi connectivity index (χ1v) is 11.4. The molecule has 1 atom stereocenters. The molecule has 3 rings (SSSR count). The molecule has 3 N–H and O–H groups in total. The molecule has 1 aromatic rings. The molecule has 1 aromatic carbocycles. The van der Waals surface area contributed by atoms with E-state index in [0.717, 1.165) is 31.2 Å². The summed E-state index contributed by atoms with van der Waals surface area (Å²) in [5.41, 5.74) is 2.11. The molecule has 0 bridgehead atoms. The summed E-state index contributed by atoms with van der Waals surface area (Å²) in [5.74, 6) is 1.07. The number of para-hydroxylation sites is 1. The van der Waals surface area contributed by atoms with Crippen LogP contribution in [0.25, 0.3) is 0 Å². The number of hydrogen-bond acceptors (Lipinski definition) is 3. The van der Waals surface area contributed by atoms with Gasteiger partial charge in [0.15, 0.2) is 5.96 Å². The maximum Gasteiger partial charge on any atom is 0.225 e. The third-order valence-corrected chi connectivity index (χ3v) is 5.81. The number of nitrogens with zero attached hydrogens (tertiary/aromatic N) is 2. The first-order chi connectivity index (χ1) is 14.3. The summed E-state index contributed by atoms with van der Waals surface area (Å²) in [6.07, 6.45) is 8.34. The number of piperidine rings is 1. The molecule has 6 nitrogen and oxygen atoms in total. The molecule has 7 heteroatoms. The molecule has 1 amide bonds. The SMILES string of the molecule is CCNC(=NCC1CC(=O)Nc2ccccc21)NCCCCCN1CCCCC1.I. The maximum absolute atomic E-state index is 12.0. The topological polar surface area (TPSA) is 68.8 Å². The lowest BCUT2D eigenvalue weighted by atomic mass is 9.91. The van der Waals surface area contributed by atoms with Gasteiger partial charge in [0.25, 0.3) is 0 Å². The number of benzene rings is 1. The molecule has 2 heterocycles. The van der Waals surface area contributed by atoms with Crippen LogP contribution in [0.4, 0.5) is 5.69 Å². The summed E-state index contributed by atoms with van der Waals surface area (Å²) in [6.45, 7) is 8.30. The highest BCUT2D eigenvalue weighted by Crippen LogP contribution is 2.31. The molecule has 0 spiro atoms. The summed E-state index contributed by atoms with van der Waals surface area (Å²) in [7, 11) is 0. The van der Waals surface area contributed by atoms with E-state index in [0.29, 0.717) is 13.0 Å². The number of hydrogen-bond donors (Lipinski definition) is 3. The lowest BCUT2D eigenvalue weighted by molar-refractivity contribution is -0.116. The van der Waals surface area contributed by atoms with Crippen molar-refractivity contribution in [2.24, 2.45) is 4.99 Å². The minimum atomic E-state index is 0. The zero-order valence-electron chi connectivity index (χ0n) is 18.3. The lowest BCUT2D eigenvalue weighted by Crippen LogP contribution is -2.38. The van der Waals surface area contributed by atoms with E-state index in [1.807, 2.05) is 18.2 Å². The first-order valence-electron chi connectivity index (χ1n) is 11.4. The fourth-order valence-corrected chi connectivity index (χ4v) is 4.23. The van der Waals surface area contributed by atoms with Crippen LogP contribution in [0.1, 0.15) is 63.4 Å². The monoisotopic (exact) mass is 527 g/mol. The average molecular weight is 527 g/mol. The van der Waals surface area contributed by atoms with Gasteiger partial charge in [-0.2, -0.15) is 0 Å². The number of aliphatic imine (C=N–C) groups is 1. The van der Waals surface area contributed by atoms with Gasteiger partial charge in [-0.15, -0.1) is 24.0 Å². The Morgan fingerprint density at radius 1 is 1.13 bits per heavy atom. The van der Waals surface area contributed by atoms with Crippen molar-refractivity contribution in [1.29, 1.82) is 0 Å². The van der Waals surface area contributed by atoms with Crippen LogP contribution in [0.2, 0.25) is 0 Å².